The van der Waals surface area contributed by atoms with Crippen molar-refractivity contribution in [3.63, 3.8) is 0 Å². The highest BCUT2D eigenvalue weighted by Gasteiger charge is 2.46. The summed E-state index contributed by atoms with van der Waals surface area (Å²) in [5, 5.41) is 1.38. The van der Waals surface area contributed by atoms with E-state index in [1.165, 1.54) is 54.3 Å². The van der Waals surface area contributed by atoms with Crippen LogP contribution in [0.3, 0.4) is 0 Å². The fraction of sp³-hybridized carbons (Fsp3) is 0.440. The molecular weight excluding hydrogens is 314 g/mol. The molecule has 26 heavy (non-hydrogen) atoms. The molecule has 0 N–H and O–H groups in total. The first-order valence-electron chi connectivity index (χ1n) is 10.3. The number of benzene rings is 2. The van der Waals surface area contributed by atoms with Crippen LogP contribution in [-0.4, -0.2) is 4.57 Å². The first-order chi connectivity index (χ1) is 12.6. The number of rotatable bonds is 2. The summed E-state index contributed by atoms with van der Waals surface area (Å²) in [7, 11) is 0. The number of hydrogen-bond donors (Lipinski definition) is 0. The molecule has 2 unspecified atom stereocenters. The van der Waals surface area contributed by atoms with Gasteiger partial charge in [-0.05, 0) is 67.6 Å². The Morgan fingerprint density at radius 2 is 1.46 bits per heavy atom. The summed E-state index contributed by atoms with van der Waals surface area (Å²) in [5.74, 6) is 2.55. The Morgan fingerprint density at radius 3 is 2.19 bits per heavy atom. The van der Waals surface area contributed by atoms with Crippen LogP contribution in [-0.2, 0) is 5.54 Å². The molecule has 1 nitrogen and oxygen atoms in total. The lowest BCUT2D eigenvalue weighted by Gasteiger charge is -2.52. The molecule has 2 aromatic carbocycles. The van der Waals surface area contributed by atoms with Crippen LogP contribution >= 0.6 is 0 Å². The average molecular weight is 344 g/mol. The van der Waals surface area contributed by atoms with E-state index in [-0.39, 0.29) is 5.54 Å². The lowest BCUT2D eigenvalue weighted by molar-refractivity contribution is 0.0319. The van der Waals surface area contributed by atoms with Crippen molar-refractivity contribution in [1.29, 1.82) is 0 Å². The number of aromatic nitrogens is 1. The van der Waals surface area contributed by atoms with E-state index in [2.05, 4.69) is 79.1 Å². The van der Waals surface area contributed by atoms with Crippen molar-refractivity contribution in [1.82, 2.24) is 4.57 Å². The Kier molecular flexibility index (Phi) is 3.74. The molecule has 5 rings (SSSR count). The van der Waals surface area contributed by atoms with Crippen LogP contribution in [0.1, 0.15) is 46.0 Å². The van der Waals surface area contributed by atoms with Crippen molar-refractivity contribution < 1.29 is 0 Å². The maximum atomic E-state index is 2.76. The number of nitrogens with zero attached hydrogens (tertiary/aromatic N) is 1. The standard InChI is InChI=1S/C25H29N/c1-18-12-20-13-19(2)16-25(15-18,17-20)26-23-11-7-6-10-22(23)14-24(26)21-8-4-3-5-9-21/h3-11,14,18-20H,12-13,15-17H2,1-2H3. The molecule has 2 bridgehead atoms. The molecule has 2 fully saturated rings. The van der Waals surface area contributed by atoms with E-state index in [1.807, 2.05) is 0 Å². The summed E-state index contributed by atoms with van der Waals surface area (Å²) < 4.78 is 2.76. The van der Waals surface area contributed by atoms with Gasteiger partial charge in [-0.3, -0.25) is 0 Å². The molecule has 0 spiro atoms. The average Bonchev–Trinajstić information content (AvgIpc) is 3.01. The molecule has 1 heteroatoms. The van der Waals surface area contributed by atoms with Crippen molar-refractivity contribution >= 4 is 10.9 Å². The molecule has 2 atom stereocenters. The van der Waals surface area contributed by atoms with Gasteiger partial charge in [0.1, 0.15) is 0 Å². The molecule has 3 aromatic rings. The number of fused-ring (bicyclic) bond motifs is 3. The quantitative estimate of drug-likeness (QED) is 0.478. The molecule has 2 aliphatic carbocycles. The third-order valence-corrected chi connectivity index (χ3v) is 6.85. The Morgan fingerprint density at radius 1 is 0.808 bits per heavy atom. The molecule has 1 aromatic heterocycles. The third-order valence-electron chi connectivity index (χ3n) is 6.85. The summed E-state index contributed by atoms with van der Waals surface area (Å²) in [6.07, 6.45) is 6.86. The van der Waals surface area contributed by atoms with Crippen molar-refractivity contribution in [2.24, 2.45) is 17.8 Å². The van der Waals surface area contributed by atoms with Gasteiger partial charge in [-0.15, -0.1) is 0 Å². The normalized spacial score (nSPS) is 31.2. The van der Waals surface area contributed by atoms with Gasteiger partial charge in [0.05, 0.1) is 0 Å². The molecular formula is C25H29N. The lowest BCUT2D eigenvalue weighted by Crippen LogP contribution is -2.46. The molecule has 0 radical (unpaired) electrons. The first-order valence-corrected chi connectivity index (χ1v) is 10.3. The molecule has 0 saturated heterocycles. The van der Waals surface area contributed by atoms with E-state index in [0.29, 0.717) is 0 Å². The minimum absolute atomic E-state index is 0.286. The van der Waals surface area contributed by atoms with E-state index < -0.39 is 0 Å². The highest BCUT2D eigenvalue weighted by Crippen LogP contribution is 2.53. The molecule has 134 valence electrons. The number of hydrogen-bond acceptors (Lipinski definition) is 0. The summed E-state index contributed by atoms with van der Waals surface area (Å²) in [6, 6.07) is 22.4. The topological polar surface area (TPSA) is 4.93 Å². The summed E-state index contributed by atoms with van der Waals surface area (Å²) in [4.78, 5) is 0. The smallest absolute Gasteiger partial charge is 0.0496 e. The summed E-state index contributed by atoms with van der Waals surface area (Å²) >= 11 is 0. The lowest BCUT2D eigenvalue weighted by atomic mass is 9.61. The maximum absolute atomic E-state index is 2.76. The van der Waals surface area contributed by atoms with Crippen LogP contribution in [0.15, 0.2) is 60.7 Å². The molecule has 1 heterocycles. The van der Waals surface area contributed by atoms with Crippen LogP contribution < -0.4 is 0 Å². The van der Waals surface area contributed by atoms with Crippen LogP contribution in [0.5, 0.6) is 0 Å². The van der Waals surface area contributed by atoms with E-state index in [9.17, 15) is 0 Å². The SMILES string of the molecule is CC1CC2CC(C)CC(n3c(-c4ccccc4)cc4ccccc43)(C1)C2. The fourth-order valence-corrected chi connectivity index (χ4v) is 6.41. The monoisotopic (exact) mass is 343 g/mol. The number of para-hydroxylation sites is 1. The van der Waals surface area contributed by atoms with Gasteiger partial charge in [-0.2, -0.15) is 0 Å². The third kappa shape index (κ3) is 2.52. The summed E-state index contributed by atoms with van der Waals surface area (Å²) in [6.45, 7) is 4.95. The van der Waals surface area contributed by atoms with Gasteiger partial charge in [0.15, 0.2) is 0 Å². The van der Waals surface area contributed by atoms with Crippen LogP contribution in [0, 0.1) is 17.8 Å². The predicted molar refractivity (Wildman–Crippen MR) is 110 cm³/mol. The minimum atomic E-state index is 0.286. The zero-order chi connectivity index (χ0) is 17.7. The Hall–Kier alpha value is -2.02. The minimum Gasteiger partial charge on any atom is -0.334 e. The van der Waals surface area contributed by atoms with Crippen molar-refractivity contribution in [2.75, 3.05) is 0 Å². The van der Waals surface area contributed by atoms with Gasteiger partial charge in [0.2, 0.25) is 0 Å². The van der Waals surface area contributed by atoms with E-state index in [4.69, 9.17) is 0 Å². The second-order valence-corrected chi connectivity index (χ2v) is 9.17. The van der Waals surface area contributed by atoms with Gasteiger partial charge in [0, 0.05) is 22.1 Å². The van der Waals surface area contributed by atoms with Gasteiger partial charge in [-0.25, -0.2) is 0 Å². The van der Waals surface area contributed by atoms with E-state index in [1.54, 1.807) is 0 Å². The Labute approximate surface area is 157 Å². The Bertz CT molecular complexity index is 900. The Balaban J connectivity index is 1.77. The molecule has 0 aliphatic heterocycles. The highest BCUT2D eigenvalue weighted by molar-refractivity contribution is 5.87. The van der Waals surface area contributed by atoms with Crippen molar-refractivity contribution in [3.05, 3.63) is 60.7 Å². The van der Waals surface area contributed by atoms with Crippen LogP contribution in [0.4, 0.5) is 0 Å². The second kappa shape index (κ2) is 6.01. The van der Waals surface area contributed by atoms with Crippen molar-refractivity contribution in [3.8, 4) is 11.3 Å². The highest BCUT2D eigenvalue weighted by atomic mass is 15.1. The summed E-state index contributed by atoms with van der Waals surface area (Å²) in [5.41, 5.74) is 4.47. The fourth-order valence-electron chi connectivity index (χ4n) is 6.41. The van der Waals surface area contributed by atoms with Gasteiger partial charge in [-0.1, -0.05) is 62.4 Å². The molecule has 2 aliphatic rings. The van der Waals surface area contributed by atoms with Gasteiger partial charge in [0.25, 0.3) is 0 Å². The second-order valence-electron chi connectivity index (χ2n) is 9.17. The van der Waals surface area contributed by atoms with E-state index in [0.717, 1.165) is 17.8 Å². The predicted octanol–water partition coefficient (Wildman–Crippen LogP) is 6.87. The largest absolute Gasteiger partial charge is 0.334 e. The maximum Gasteiger partial charge on any atom is 0.0496 e. The molecule has 2 saturated carbocycles. The zero-order valence-electron chi connectivity index (χ0n) is 16.0. The molecule has 0 amide bonds. The zero-order valence-corrected chi connectivity index (χ0v) is 16.0. The van der Waals surface area contributed by atoms with Gasteiger partial charge < -0.3 is 4.57 Å². The van der Waals surface area contributed by atoms with Gasteiger partial charge >= 0.3 is 0 Å². The first kappa shape index (κ1) is 16.2. The van der Waals surface area contributed by atoms with Crippen molar-refractivity contribution in [2.45, 2.75) is 51.5 Å². The van der Waals surface area contributed by atoms with E-state index >= 15 is 0 Å². The van der Waals surface area contributed by atoms with Crippen LogP contribution in [0.2, 0.25) is 0 Å². The van der Waals surface area contributed by atoms with Crippen LogP contribution in [0.25, 0.3) is 22.2 Å².